The number of nitrogens with zero attached hydrogens (tertiary/aromatic N) is 1. The van der Waals surface area contributed by atoms with Crippen molar-refractivity contribution in [3.05, 3.63) is 0 Å². The van der Waals surface area contributed by atoms with Crippen LogP contribution < -0.4 is 5.32 Å². The summed E-state index contributed by atoms with van der Waals surface area (Å²) >= 11 is 0. The van der Waals surface area contributed by atoms with Gasteiger partial charge in [-0.1, -0.05) is 19.8 Å². The predicted molar refractivity (Wildman–Crippen MR) is 65.4 cm³/mol. The first-order valence-electron chi connectivity index (χ1n) is 6.73. The molecule has 0 aromatic carbocycles. The molecule has 0 bridgehead atoms. The van der Waals surface area contributed by atoms with Gasteiger partial charge in [0.1, 0.15) is 0 Å². The molecule has 2 amide bonds. The minimum Gasteiger partial charge on any atom is -0.347 e. The Morgan fingerprint density at radius 3 is 2.82 bits per heavy atom. The molecule has 2 aliphatic rings. The summed E-state index contributed by atoms with van der Waals surface area (Å²) in [7, 11) is 0. The van der Waals surface area contributed by atoms with Crippen molar-refractivity contribution in [2.75, 3.05) is 13.1 Å². The maximum atomic E-state index is 12.0. The third-order valence-electron chi connectivity index (χ3n) is 4.00. The van der Waals surface area contributed by atoms with Gasteiger partial charge in [0.25, 0.3) is 0 Å². The van der Waals surface area contributed by atoms with Crippen molar-refractivity contribution in [2.24, 2.45) is 5.92 Å². The number of carbonyl (C=O) groups is 2. The van der Waals surface area contributed by atoms with Crippen molar-refractivity contribution in [2.45, 2.75) is 51.5 Å². The van der Waals surface area contributed by atoms with Gasteiger partial charge in [-0.05, 0) is 25.2 Å². The van der Waals surface area contributed by atoms with E-state index in [2.05, 4.69) is 12.2 Å². The van der Waals surface area contributed by atoms with Crippen LogP contribution in [0, 0.1) is 5.92 Å². The van der Waals surface area contributed by atoms with Crippen LogP contribution in [0.25, 0.3) is 0 Å². The second-order valence-corrected chi connectivity index (χ2v) is 5.38. The topological polar surface area (TPSA) is 49.4 Å². The molecule has 0 aromatic rings. The van der Waals surface area contributed by atoms with E-state index in [0.29, 0.717) is 19.0 Å². The fourth-order valence-corrected chi connectivity index (χ4v) is 2.88. The number of amides is 2. The Hall–Kier alpha value is -1.06. The van der Waals surface area contributed by atoms with E-state index in [1.807, 2.05) is 4.90 Å². The Morgan fingerprint density at radius 2 is 2.00 bits per heavy atom. The molecule has 1 aliphatic heterocycles. The third kappa shape index (κ3) is 3.20. The number of rotatable bonds is 1. The van der Waals surface area contributed by atoms with Crippen molar-refractivity contribution < 1.29 is 9.59 Å². The van der Waals surface area contributed by atoms with Crippen LogP contribution in [0.2, 0.25) is 0 Å². The zero-order chi connectivity index (χ0) is 12.3. The molecule has 1 saturated carbocycles. The van der Waals surface area contributed by atoms with Crippen LogP contribution >= 0.6 is 0 Å². The van der Waals surface area contributed by atoms with E-state index in [1.54, 1.807) is 0 Å². The highest BCUT2D eigenvalue weighted by molar-refractivity contribution is 5.87. The number of hydrogen-bond acceptors (Lipinski definition) is 2. The molecule has 1 aliphatic carbocycles. The molecule has 2 fully saturated rings. The predicted octanol–water partition coefficient (Wildman–Crippen LogP) is 1.30. The van der Waals surface area contributed by atoms with Crippen molar-refractivity contribution in [1.82, 2.24) is 10.2 Å². The van der Waals surface area contributed by atoms with Gasteiger partial charge >= 0.3 is 0 Å². The van der Waals surface area contributed by atoms with Gasteiger partial charge in [-0.15, -0.1) is 0 Å². The molecule has 0 radical (unpaired) electrons. The molecule has 2 rings (SSSR count). The number of carbonyl (C=O) groups excluding carboxylic acids is 2. The number of hydrogen-bond donors (Lipinski definition) is 1. The minimum atomic E-state index is 0.00263. The molecule has 4 nitrogen and oxygen atoms in total. The lowest BCUT2D eigenvalue weighted by atomic mass is 10.0. The summed E-state index contributed by atoms with van der Waals surface area (Å²) in [5.41, 5.74) is 0. The van der Waals surface area contributed by atoms with Crippen LogP contribution in [-0.4, -0.2) is 35.8 Å². The van der Waals surface area contributed by atoms with Crippen LogP contribution in [-0.2, 0) is 9.59 Å². The maximum absolute atomic E-state index is 12.0. The molecule has 17 heavy (non-hydrogen) atoms. The van der Waals surface area contributed by atoms with Crippen LogP contribution in [0.4, 0.5) is 0 Å². The minimum absolute atomic E-state index is 0.00263. The van der Waals surface area contributed by atoms with Crippen molar-refractivity contribution >= 4 is 11.8 Å². The van der Waals surface area contributed by atoms with E-state index in [-0.39, 0.29) is 18.4 Å². The Labute approximate surface area is 103 Å². The lowest BCUT2D eigenvalue weighted by Gasteiger charge is -2.29. The highest BCUT2D eigenvalue weighted by atomic mass is 16.2. The van der Waals surface area contributed by atoms with Gasteiger partial charge in [-0.25, -0.2) is 0 Å². The fraction of sp³-hybridized carbons (Fsp3) is 0.846. The SMILES string of the molecule is CC1CCCC(N2CCC(=O)NCC2=O)CC1. The summed E-state index contributed by atoms with van der Waals surface area (Å²) in [4.78, 5) is 25.2. The van der Waals surface area contributed by atoms with E-state index < -0.39 is 0 Å². The van der Waals surface area contributed by atoms with Gasteiger partial charge < -0.3 is 10.2 Å². The van der Waals surface area contributed by atoms with E-state index in [9.17, 15) is 9.59 Å². The smallest absolute Gasteiger partial charge is 0.242 e. The zero-order valence-corrected chi connectivity index (χ0v) is 10.6. The Kier molecular flexibility index (Phi) is 4.02. The molecule has 0 aromatic heterocycles. The van der Waals surface area contributed by atoms with Gasteiger partial charge in [0.15, 0.2) is 0 Å². The van der Waals surface area contributed by atoms with Crippen LogP contribution in [0.5, 0.6) is 0 Å². The van der Waals surface area contributed by atoms with Gasteiger partial charge in [0.05, 0.1) is 6.54 Å². The summed E-state index contributed by atoms with van der Waals surface area (Å²) in [6.07, 6.45) is 6.34. The molecule has 4 heteroatoms. The number of nitrogens with one attached hydrogen (secondary N) is 1. The van der Waals surface area contributed by atoms with Crippen LogP contribution in [0.3, 0.4) is 0 Å². The van der Waals surface area contributed by atoms with Crippen molar-refractivity contribution in [3.8, 4) is 0 Å². The average Bonchev–Trinajstić information content (AvgIpc) is 2.60. The first-order valence-corrected chi connectivity index (χ1v) is 6.73. The summed E-state index contributed by atoms with van der Waals surface area (Å²) in [5.74, 6) is 0.875. The normalized spacial score (nSPS) is 31.7. The Balaban J connectivity index is 1.99. The molecule has 1 saturated heterocycles. The first-order chi connectivity index (χ1) is 8.16. The molecule has 0 spiro atoms. The van der Waals surface area contributed by atoms with Crippen LogP contribution in [0.1, 0.15) is 45.4 Å². The van der Waals surface area contributed by atoms with Gasteiger partial charge in [0, 0.05) is 19.0 Å². The van der Waals surface area contributed by atoms with Gasteiger partial charge in [-0.3, -0.25) is 9.59 Å². The van der Waals surface area contributed by atoms with Crippen molar-refractivity contribution in [3.63, 3.8) is 0 Å². The lowest BCUT2D eigenvalue weighted by molar-refractivity contribution is -0.132. The molecule has 1 N–H and O–H groups in total. The summed E-state index contributed by atoms with van der Waals surface area (Å²) in [6, 6.07) is 0.361. The molecular formula is C13H22N2O2. The largest absolute Gasteiger partial charge is 0.347 e. The molecular weight excluding hydrogens is 216 g/mol. The van der Waals surface area contributed by atoms with E-state index in [4.69, 9.17) is 0 Å². The quantitative estimate of drug-likeness (QED) is 0.700. The molecule has 2 atom stereocenters. The molecule has 1 heterocycles. The zero-order valence-electron chi connectivity index (χ0n) is 10.6. The van der Waals surface area contributed by atoms with E-state index in [0.717, 1.165) is 18.8 Å². The second kappa shape index (κ2) is 5.52. The summed E-state index contributed by atoms with van der Waals surface area (Å²) in [6.45, 7) is 3.08. The van der Waals surface area contributed by atoms with Gasteiger partial charge in [0.2, 0.25) is 11.8 Å². The fourth-order valence-electron chi connectivity index (χ4n) is 2.88. The average molecular weight is 238 g/mol. The second-order valence-electron chi connectivity index (χ2n) is 5.38. The highest BCUT2D eigenvalue weighted by Crippen LogP contribution is 2.26. The standard InChI is InChI=1S/C13H22N2O2/c1-10-3-2-4-11(6-5-10)15-8-7-12(16)14-9-13(15)17/h10-11H,2-9H2,1H3,(H,14,16). The highest BCUT2D eigenvalue weighted by Gasteiger charge is 2.28. The van der Waals surface area contributed by atoms with Crippen LogP contribution in [0.15, 0.2) is 0 Å². The summed E-state index contributed by atoms with van der Waals surface area (Å²) < 4.78 is 0. The third-order valence-corrected chi connectivity index (χ3v) is 4.00. The van der Waals surface area contributed by atoms with Crippen molar-refractivity contribution in [1.29, 1.82) is 0 Å². The Morgan fingerprint density at radius 1 is 1.18 bits per heavy atom. The monoisotopic (exact) mass is 238 g/mol. The first kappa shape index (κ1) is 12.4. The lowest BCUT2D eigenvalue weighted by Crippen LogP contribution is -2.42. The molecule has 96 valence electrons. The van der Waals surface area contributed by atoms with E-state index in [1.165, 1.54) is 19.3 Å². The summed E-state index contributed by atoms with van der Waals surface area (Å²) in [5, 5.41) is 2.66. The molecule has 2 unspecified atom stereocenters. The van der Waals surface area contributed by atoms with E-state index >= 15 is 0 Å². The Bertz CT molecular complexity index is 304. The maximum Gasteiger partial charge on any atom is 0.242 e. The van der Waals surface area contributed by atoms with Gasteiger partial charge in [-0.2, -0.15) is 0 Å².